The second kappa shape index (κ2) is 10.6. The van der Waals surface area contributed by atoms with Crippen molar-refractivity contribution in [2.24, 2.45) is 0 Å². The minimum atomic E-state index is -2.62. The molecule has 1 nitrogen and oxygen atoms in total. The molecule has 7 aromatic carbocycles. The highest BCUT2D eigenvalue weighted by Gasteiger charge is 2.43. The van der Waals surface area contributed by atoms with E-state index in [2.05, 4.69) is 172 Å². The van der Waals surface area contributed by atoms with E-state index in [1.54, 1.807) is 0 Å². The predicted molar refractivity (Wildman–Crippen MR) is 200 cm³/mol. The molecule has 0 saturated heterocycles. The zero-order valence-corrected chi connectivity index (χ0v) is 27.6. The summed E-state index contributed by atoms with van der Waals surface area (Å²) in [7, 11) is -2.62. The van der Waals surface area contributed by atoms with Crippen LogP contribution in [0.25, 0.3) is 44.2 Å². The van der Waals surface area contributed by atoms with Gasteiger partial charge in [0.1, 0.15) is 11.2 Å². The first-order valence-corrected chi connectivity index (χ1v) is 18.4. The Morgan fingerprint density at radius 2 is 0.894 bits per heavy atom. The number of para-hydroxylation sites is 1. The van der Waals surface area contributed by atoms with E-state index < -0.39 is 8.07 Å². The summed E-state index contributed by atoms with van der Waals surface area (Å²) in [6, 6.07) is 62.9. The van der Waals surface area contributed by atoms with Gasteiger partial charge in [0, 0.05) is 16.2 Å². The zero-order valence-electron chi connectivity index (χ0n) is 26.6. The Morgan fingerprint density at radius 1 is 0.404 bits per heavy atom. The molecule has 8 aromatic rings. The molecule has 2 heteroatoms. The number of hydrogen-bond donors (Lipinski definition) is 0. The van der Waals surface area contributed by atoms with Crippen LogP contribution in [0.15, 0.2) is 174 Å². The van der Waals surface area contributed by atoms with Gasteiger partial charge in [-0.2, -0.15) is 0 Å². The van der Waals surface area contributed by atoms with Crippen molar-refractivity contribution < 1.29 is 4.42 Å². The SMILES string of the molecule is CC1(C)c2cc(-c3ccc4oc5ccccc5c4c3)ccc2-c2ccc([Si](c3ccccc3)(c3ccccc3)c3ccccc3)cc21. The van der Waals surface area contributed by atoms with Crippen LogP contribution in [0.2, 0.25) is 0 Å². The van der Waals surface area contributed by atoms with Crippen molar-refractivity contribution in [3.63, 3.8) is 0 Å². The lowest BCUT2D eigenvalue weighted by molar-refractivity contribution is 0.661. The van der Waals surface area contributed by atoms with E-state index in [0.29, 0.717) is 0 Å². The molecule has 1 aliphatic carbocycles. The van der Waals surface area contributed by atoms with Crippen molar-refractivity contribution in [3.8, 4) is 22.3 Å². The van der Waals surface area contributed by atoms with E-state index >= 15 is 0 Å². The van der Waals surface area contributed by atoms with Gasteiger partial charge in [-0.15, -0.1) is 0 Å². The third-order valence-electron chi connectivity index (χ3n) is 10.4. The van der Waals surface area contributed by atoms with Crippen LogP contribution >= 0.6 is 0 Å². The molecule has 0 saturated carbocycles. The molecule has 0 bridgehead atoms. The van der Waals surface area contributed by atoms with Crippen molar-refractivity contribution in [3.05, 3.63) is 181 Å². The third kappa shape index (κ3) is 4.15. The number of hydrogen-bond acceptors (Lipinski definition) is 1. The summed E-state index contributed by atoms with van der Waals surface area (Å²) in [5, 5.41) is 7.93. The molecule has 1 aromatic heterocycles. The van der Waals surface area contributed by atoms with E-state index in [1.165, 1.54) is 54.1 Å². The van der Waals surface area contributed by atoms with Crippen LogP contribution < -0.4 is 20.7 Å². The average molecular weight is 619 g/mol. The van der Waals surface area contributed by atoms with Crippen molar-refractivity contribution in [1.82, 2.24) is 0 Å². The molecule has 0 radical (unpaired) electrons. The Morgan fingerprint density at radius 3 is 1.53 bits per heavy atom. The van der Waals surface area contributed by atoms with Gasteiger partial charge in [-0.3, -0.25) is 0 Å². The maximum atomic E-state index is 6.13. The fourth-order valence-corrected chi connectivity index (χ4v) is 12.9. The molecule has 0 spiro atoms. The lowest BCUT2D eigenvalue weighted by atomic mass is 9.81. The van der Waals surface area contributed by atoms with Crippen LogP contribution in [0, 0.1) is 0 Å². The summed E-state index contributed by atoms with van der Waals surface area (Å²) in [5.41, 5.74) is 9.61. The van der Waals surface area contributed by atoms with Gasteiger partial charge < -0.3 is 4.42 Å². The van der Waals surface area contributed by atoms with E-state index in [4.69, 9.17) is 4.42 Å². The minimum Gasteiger partial charge on any atom is -0.456 e. The zero-order chi connectivity index (χ0) is 31.6. The van der Waals surface area contributed by atoms with Crippen molar-refractivity contribution >= 4 is 50.8 Å². The van der Waals surface area contributed by atoms with Gasteiger partial charge in [0.2, 0.25) is 0 Å². The Balaban J connectivity index is 1.22. The summed E-state index contributed by atoms with van der Waals surface area (Å²) in [4.78, 5) is 0. The fourth-order valence-electron chi connectivity index (χ4n) is 8.12. The standard InChI is InChI=1S/C45H34OSi/c1-45(2)41-29-32(31-23-27-44-40(28-31)39-20-12-13-21-43(39)46-44)22-25-37(41)38-26-24-36(30-42(38)45)47(33-14-6-3-7-15-33,34-16-8-4-9-17-34)35-18-10-5-11-19-35/h3-30H,1-2H3. The molecule has 224 valence electrons. The van der Waals surface area contributed by atoms with E-state index in [9.17, 15) is 0 Å². The van der Waals surface area contributed by atoms with E-state index in [0.717, 1.165) is 21.9 Å². The van der Waals surface area contributed by atoms with Crippen molar-refractivity contribution in [2.45, 2.75) is 19.3 Å². The first-order chi connectivity index (χ1) is 23.0. The maximum Gasteiger partial charge on any atom is 0.179 e. The van der Waals surface area contributed by atoms with Gasteiger partial charge in [0.05, 0.1) is 0 Å². The molecule has 0 fully saturated rings. The molecular weight excluding hydrogens is 585 g/mol. The predicted octanol–water partition coefficient (Wildman–Crippen LogP) is 8.94. The quantitative estimate of drug-likeness (QED) is 0.139. The van der Waals surface area contributed by atoms with Crippen LogP contribution in [-0.2, 0) is 5.41 Å². The lowest BCUT2D eigenvalue weighted by Crippen LogP contribution is -2.74. The van der Waals surface area contributed by atoms with Crippen molar-refractivity contribution in [2.75, 3.05) is 0 Å². The normalized spacial score (nSPS) is 13.5. The second-order valence-corrected chi connectivity index (χ2v) is 17.1. The fraction of sp³-hybridized carbons (Fsp3) is 0.0667. The second-order valence-electron chi connectivity index (χ2n) is 13.3. The van der Waals surface area contributed by atoms with Gasteiger partial charge >= 0.3 is 0 Å². The summed E-state index contributed by atoms with van der Waals surface area (Å²) in [6.07, 6.45) is 0. The van der Waals surface area contributed by atoms with Gasteiger partial charge in [0.15, 0.2) is 8.07 Å². The summed E-state index contributed by atoms with van der Waals surface area (Å²) in [6.45, 7) is 4.80. The minimum absolute atomic E-state index is 0.159. The molecule has 0 amide bonds. The molecule has 9 rings (SSSR count). The highest BCUT2D eigenvalue weighted by atomic mass is 28.3. The Labute approximate surface area is 276 Å². The lowest BCUT2D eigenvalue weighted by Gasteiger charge is -2.35. The van der Waals surface area contributed by atoms with E-state index in [1.807, 2.05) is 12.1 Å². The number of fused-ring (bicyclic) bond motifs is 6. The van der Waals surface area contributed by atoms with Gasteiger partial charge in [-0.1, -0.05) is 159 Å². The highest BCUT2D eigenvalue weighted by molar-refractivity contribution is 7.19. The highest BCUT2D eigenvalue weighted by Crippen LogP contribution is 2.49. The van der Waals surface area contributed by atoms with Crippen LogP contribution in [0.3, 0.4) is 0 Å². The topological polar surface area (TPSA) is 13.1 Å². The number of benzene rings is 7. The molecular formula is C45H34OSi. The molecule has 47 heavy (non-hydrogen) atoms. The smallest absolute Gasteiger partial charge is 0.179 e. The van der Waals surface area contributed by atoms with Crippen LogP contribution in [0.5, 0.6) is 0 Å². The first kappa shape index (κ1) is 27.8. The Hall–Kier alpha value is -5.44. The molecule has 1 aliphatic rings. The van der Waals surface area contributed by atoms with Gasteiger partial charge in [-0.25, -0.2) is 0 Å². The number of rotatable bonds is 5. The molecule has 0 aliphatic heterocycles. The maximum absolute atomic E-state index is 6.13. The van der Waals surface area contributed by atoms with Crippen LogP contribution in [0.4, 0.5) is 0 Å². The summed E-state index contributed by atoms with van der Waals surface area (Å²) in [5.74, 6) is 0. The summed E-state index contributed by atoms with van der Waals surface area (Å²) >= 11 is 0. The van der Waals surface area contributed by atoms with Crippen molar-refractivity contribution in [1.29, 1.82) is 0 Å². The van der Waals surface area contributed by atoms with Crippen LogP contribution in [0.1, 0.15) is 25.0 Å². The molecule has 1 heterocycles. The molecule has 0 atom stereocenters. The summed E-state index contributed by atoms with van der Waals surface area (Å²) < 4.78 is 6.13. The Bertz CT molecular complexity index is 2320. The van der Waals surface area contributed by atoms with Gasteiger partial charge in [0.25, 0.3) is 0 Å². The van der Waals surface area contributed by atoms with Gasteiger partial charge in [-0.05, 0) is 78.4 Å². The third-order valence-corrected chi connectivity index (χ3v) is 15.2. The van der Waals surface area contributed by atoms with E-state index in [-0.39, 0.29) is 5.41 Å². The molecule has 0 N–H and O–H groups in total. The van der Waals surface area contributed by atoms with Crippen LogP contribution in [-0.4, -0.2) is 8.07 Å². The average Bonchev–Trinajstić information content (AvgIpc) is 3.61. The first-order valence-electron chi connectivity index (χ1n) is 16.4. The monoisotopic (exact) mass is 618 g/mol. The largest absolute Gasteiger partial charge is 0.456 e. The molecule has 0 unspecified atom stereocenters. The Kier molecular flexibility index (Phi) is 6.25. The number of furan rings is 1.